The van der Waals surface area contributed by atoms with Crippen LogP contribution in [0.2, 0.25) is 0 Å². The third kappa shape index (κ3) is 3.41. The van der Waals surface area contributed by atoms with E-state index in [1.807, 2.05) is 12.1 Å². The normalized spacial score (nSPS) is 21.8. The van der Waals surface area contributed by atoms with Gasteiger partial charge in [0.1, 0.15) is 0 Å². The first-order chi connectivity index (χ1) is 11.8. The molecule has 2 aliphatic rings. The molecule has 1 aromatic carbocycles. The Kier molecular flexibility index (Phi) is 4.60. The van der Waals surface area contributed by atoms with Crippen molar-refractivity contribution in [3.63, 3.8) is 0 Å². The van der Waals surface area contributed by atoms with Crippen LogP contribution in [0, 0.1) is 5.41 Å². The van der Waals surface area contributed by atoms with Gasteiger partial charge in [0.25, 0.3) is 0 Å². The molecule has 0 saturated carbocycles. The molecule has 1 fully saturated rings. The minimum atomic E-state index is -0.942. The lowest BCUT2D eigenvalue weighted by Gasteiger charge is -2.34. The molecule has 2 heterocycles. The number of ether oxygens (including phenoxy) is 3. The van der Waals surface area contributed by atoms with Crippen molar-refractivity contribution in [1.29, 1.82) is 0 Å². The van der Waals surface area contributed by atoms with Crippen LogP contribution in [0.4, 0.5) is 5.69 Å². The van der Waals surface area contributed by atoms with E-state index >= 15 is 0 Å². The zero-order chi connectivity index (χ0) is 18.2. The highest BCUT2D eigenvalue weighted by molar-refractivity contribution is 6.15. The van der Waals surface area contributed by atoms with Crippen molar-refractivity contribution in [3.05, 3.63) is 29.3 Å². The maximum Gasteiger partial charge on any atom is 0.323 e. The van der Waals surface area contributed by atoms with Gasteiger partial charge in [-0.25, -0.2) is 0 Å². The van der Waals surface area contributed by atoms with Crippen LogP contribution >= 0.6 is 0 Å². The fourth-order valence-corrected chi connectivity index (χ4v) is 3.48. The van der Waals surface area contributed by atoms with Crippen LogP contribution in [0.5, 0.6) is 0 Å². The summed E-state index contributed by atoms with van der Waals surface area (Å²) >= 11 is 0. The van der Waals surface area contributed by atoms with E-state index < -0.39 is 17.7 Å². The van der Waals surface area contributed by atoms with E-state index in [1.54, 1.807) is 13.0 Å². The average Bonchev–Trinajstić information content (AvgIpc) is 3.09. The molecule has 1 atom stereocenters. The number of fused-ring (bicyclic) bond motifs is 1. The summed E-state index contributed by atoms with van der Waals surface area (Å²) in [6.45, 7) is 9.37. The number of anilines is 1. The van der Waals surface area contributed by atoms with Crippen molar-refractivity contribution >= 4 is 17.6 Å². The summed E-state index contributed by atoms with van der Waals surface area (Å²) < 4.78 is 17.0. The predicted octanol–water partition coefficient (Wildman–Crippen LogP) is 2.92. The van der Waals surface area contributed by atoms with Gasteiger partial charge >= 0.3 is 5.97 Å². The van der Waals surface area contributed by atoms with Gasteiger partial charge in [0.2, 0.25) is 5.91 Å². The monoisotopic (exact) mass is 347 g/mol. The molecule has 0 spiro atoms. The van der Waals surface area contributed by atoms with Gasteiger partial charge in [0, 0.05) is 17.7 Å². The van der Waals surface area contributed by atoms with Gasteiger partial charge in [-0.3, -0.25) is 9.59 Å². The number of hydrogen-bond acceptors (Lipinski definition) is 5. The Bertz CT molecular complexity index is 686. The first-order valence-corrected chi connectivity index (χ1v) is 8.65. The van der Waals surface area contributed by atoms with E-state index in [1.165, 1.54) is 0 Å². The van der Waals surface area contributed by atoms with Crippen LogP contribution in [0.1, 0.15) is 51.2 Å². The lowest BCUT2D eigenvalue weighted by atomic mass is 9.83. The van der Waals surface area contributed by atoms with Gasteiger partial charge in [-0.15, -0.1) is 0 Å². The number of carbonyl (C=O) groups is 2. The Hall–Kier alpha value is -1.92. The lowest BCUT2D eigenvalue weighted by molar-refractivity contribution is -0.185. The minimum Gasteiger partial charge on any atom is -0.465 e. The van der Waals surface area contributed by atoms with E-state index in [2.05, 4.69) is 26.1 Å². The molecule has 136 valence electrons. The molecule has 1 N–H and O–H groups in total. The van der Waals surface area contributed by atoms with Gasteiger partial charge in [-0.1, -0.05) is 26.8 Å². The number of hydrogen-bond donors (Lipinski definition) is 1. The summed E-state index contributed by atoms with van der Waals surface area (Å²) in [5, 5.41) is 2.74. The number of esters is 1. The number of amides is 1. The zero-order valence-corrected chi connectivity index (χ0v) is 15.2. The van der Waals surface area contributed by atoms with E-state index in [-0.39, 0.29) is 17.9 Å². The van der Waals surface area contributed by atoms with Crippen LogP contribution in [-0.4, -0.2) is 31.7 Å². The summed E-state index contributed by atoms with van der Waals surface area (Å²) in [7, 11) is 0. The second-order valence-corrected chi connectivity index (χ2v) is 7.66. The number of benzene rings is 1. The van der Waals surface area contributed by atoms with Crippen molar-refractivity contribution < 1.29 is 23.8 Å². The lowest BCUT2D eigenvalue weighted by Crippen LogP contribution is -2.32. The second kappa shape index (κ2) is 6.42. The van der Waals surface area contributed by atoms with Gasteiger partial charge in [-0.2, -0.15) is 0 Å². The van der Waals surface area contributed by atoms with Crippen LogP contribution in [-0.2, 0) is 29.6 Å². The van der Waals surface area contributed by atoms with Gasteiger partial charge < -0.3 is 19.5 Å². The smallest absolute Gasteiger partial charge is 0.323 e. The highest BCUT2D eigenvalue weighted by Crippen LogP contribution is 2.44. The van der Waals surface area contributed by atoms with E-state index in [9.17, 15) is 9.59 Å². The third-order valence-corrected chi connectivity index (χ3v) is 4.36. The fourth-order valence-electron chi connectivity index (χ4n) is 3.48. The molecule has 1 unspecified atom stereocenters. The standard InChI is InChI=1S/C19H25NO5/c1-5-23-17(22)15-13-10-12(6-7-14(13)20-16(15)21)19(11-18(2,3)4)24-8-9-25-19/h6-7,10,15H,5,8-9,11H2,1-4H3,(H,20,21). The largest absolute Gasteiger partial charge is 0.465 e. The van der Waals surface area contributed by atoms with Crippen LogP contribution in [0.25, 0.3) is 0 Å². The Morgan fingerprint density at radius 1 is 1.32 bits per heavy atom. The molecule has 0 aromatic heterocycles. The summed E-state index contributed by atoms with van der Waals surface area (Å²) in [4.78, 5) is 24.4. The first kappa shape index (κ1) is 17.9. The molecule has 6 nitrogen and oxygen atoms in total. The molecule has 0 aliphatic carbocycles. The van der Waals surface area contributed by atoms with Crippen molar-refractivity contribution in [2.75, 3.05) is 25.1 Å². The predicted molar refractivity (Wildman–Crippen MR) is 92.1 cm³/mol. The Labute approximate surface area is 147 Å². The molecule has 3 rings (SSSR count). The SMILES string of the molecule is CCOC(=O)C1C(=O)Nc2ccc(C3(CC(C)(C)C)OCCO3)cc21. The molecule has 25 heavy (non-hydrogen) atoms. The van der Waals surface area contributed by atoms with Crippen molar-refractivity contribution in [2.24, 2.45) is 5.41 Å². The van der Waals surface area contributed by atoms with Crippen LogP contribution in [0.3, 0.4) is 0 Å². The fraction of sp³-hybridized carbons (Fsp3) is 0.579. The summed E-state index contributed by atoms with van der Waals surface area (Å²) in [5.41, 5.74) is 2.06. The molecule has 0 radical (unpaired) electrons. The number of carbonyl (C=O) groups excluding carboxylic acids is 2. The van der Waals surface area contributed by atoms with Gasteiger partial charge in [-0.05, 0) is 30.0 Å². The second-order valence-electron chi connectivity index (χ2n) is 7.66. The van der Waals surface area contributed by atoms with E-state index in [0.717, 1.165) is 5.56 Å². The number of nitrogens with one attached hydrogen (secondary N) is 1. The average molecular weight is 347 g/mol. The van der Waals surface area contributed by atoms with E-state index in [0.29, 0.717) is 30.9 Å². The number of rotatable bonds is 4. The minimum absolute atomic E-state index is 0.0159. The quantitative estimate of drug-likeness (QED) is 0.670. The summed E-state index contributed by atoms with van der Waals surface area (Å²) in [6.07, 6.45) is 0.671. The molecule has 1 saturated heterocycles. The highest BCUT2D eigenvalue weighted by atomic mass is 16.7. The molecule has 2 aliphatic heterocycles. The third-order valence-electron chi connectivity index (χ3n) is 4.36. The maximum atomic E-state index is 12.2. The van der Waals surface area contributed by atoms with Crippen LogP contribution in [0.15, 0.2) is 18.2 Å². The van der Waals surface area contributed by atoms with Crippen molar-refractivity contribution in [2.45, 2.75) is 45.8 Å². The molecule has 6 heteroatoms. The molecule has 1 amide bonds. The van der Waals surface area contributed by atoms with Crippen LogP contribution < -0.4 is 5.32 Å². The Morgan fingerprint density at radius 2 is 2.00 bits per heavy atom. The first-order valence-electron chi connectivity index (χ1n) is 8.65. The van der Waals surface area contributed by atoms with E-state index in [4.69, 9.17) is 14.2 Å². The highest BCUT2D eigenvalue weighted by Gasteiger charge is 2.44. The maximum absolute atomic E-state index is 12.2. The molecular formula is C19H25NO5. The Morgan fingerprint density at radius 3 is 2.60 bits per heavy atom. The topological polar surface area (TPSA) is 73.9 Å². The zero-order valence-electron chi connectivity index (χ0n) is 15.2. The molecule has 1 aromatic rings. The van der Waals surface area contributed by atoms with Gasteiger partial charge in [0.05, 0.1) is 19.8 Å². The van der Waals surface area contributed by atoms with Crippen molar-refractivity contribution in [3.8, 4) is 0 Å². The van der Waals surface area contributed by atoms with Crippen molar-refractivity contribution in [1.82, 2.24) is 0 Å². The summed E-state index contributed by atoms with van der Waals surface area (Å²) in [5.74, 6) is -2.68. The molecule has 0 bridgehead atoms. The Balaban J connectivity index is 2.00. The van der Waals surface area contributed by atoms with Gasteiger partial charge in [0.15, 0.2) is 11.7 Å². The summed E-state index contributed by atoms with van der Waals surface area (Å²) in [6, 6.07) is 5.53. The molecular weight excluding hydrogens is 322 g/mol.